The maximum atomic E-state index is 4.11. The second-order valence-corrected chi connectivity index (χ2v) is 4.75. The van der Waals surface area contributed by atoms with Crippen molar-refractivity contribution in [3.63, 3.8) is 0 Å². The summed E-state index contributed by atoms with van der Waals surface area (Å²) >= 11 is 0. The van der Waals surface area contributed by atoms with Gasteiger partial charge < -0.3 is 10.3 Å². The van der Waals surface area contributed by atoms with Gasteiger partial charge in [0, 0.05) is 28.8 Å². The van der Waals surface area contributed by atoms with Crippen molar-refractivity contribution in [2.24, 2.45) is 0 Å². The number of aryl methyl sites for hydroxylation is 2. The van der Waals surface area contributed by atoms with Crippen molar-refractivity contribution in [3.8, 4) is 0 Å². The third-order valence-electron chi connectivity index (χ3n) is 3.41. The van der Waals surface area contributed by atoms with E-state index in [-0.39, 0.29) is 0 Å². The summed E-state index contributed by atoms with van der Waals surface area (Å²) in [6.07, 6.45) is 2.18. The van der Waals surface area contributed by atoms with E-state index in [0.717, 1.165) is 25.1 Å². The molecule has 2 N–H and O–H groups in total. The van der Waals surface area contributed by atoms with Gasteiger partial charge in [-0.1, -0.05) is 26.5 Å². The largest absolute Gasteiger partial charge is 0.385 e. The van der Waals surface area contributed by atoms with E-state index in [9.17, 15) is 0 Å². The quantitative estimate of drug-likeness (QED) is 0.814. The first-order chi connectivity index (χ1) is 8.67. The highest BCUT2D eigenvalue weighted by atomic mass is 14.9. The van der Waals surface area contributed by atoms with Gasteiger partial charge in [0.2, 0.25) is 0 Å². The molecule has 1 heterocycles. The Morgan fingerprint density at radius 1 is 1.33 bits per heavy atom. The molecule has 0 radical (unpaired) electrons. The molecule has 2 nitrogen and oxygen atoms in total. The van der Waals surface area contributed by atoms with Crippen LogP contribution in [-0.4, -0.2) is 11.5 Å². The molecule has 0 bridgehead atoms. The molecular weight excluding hydrogens is 220 g/mol. The summed E-state index contributed by atoms with van der Waals surface area (Å²) in [5.41, 5.74) is 6.10. The summed E-state index contributed by atoms with van der Waals surface area (Å²) < 4.78 is 0. The van der Waals surface area contributed by atoms with Crippen LogP contribution in [0.3, 0.4) is 0 Å². The van der Waals surface area contributed by atoms with Crippen LogP contribution < -0.4 is 5.32 Å². The molecule has 0 saturated carbocycles. The standard InChI is InChI=1S/C16H22N2/c1-5-9-17-11(3)13-7-8-16-15(10-13)14(6-2)12(4)18-16/h7-8,10,17-18H,3,5-6,9H2,1-2,4H3. The summed E-state index contributed by atoms with van der Waals surface area (Å²) in [4.78, 5) is 3.44. The predicted octanol–water partition coefficient (Wildman–Crippen LogP) is 4.01. The van der Waals surface area contributed by atoms with E-state index in [1.54, 1.807) is 0 Å². The second kappa shape index (κ2) is 5.30. The number of nitrogens with one attached hydrogen (secondary N) is 2. The number of aromatic nitrogens is 1. The Labute approximate surface area is 109 Å². The fourth-order valence-electron chi connectivity index (χ4n) is 2.40. The SMILES string of the molecule is C=C(NCCC)c1ccc2[nH]c(C)c(CC)c2c1. The van der Waals surface area contributed by atoms with E-state index in [2.05, 4.69) is 55.9 Å². The Bertz CT molecular complexity index is 564. The van der Waals surface area contributed by atoms with Crippen molar-refractivity contribution in [1.82, 2.24) is 10.3 Å². The third kappa shape index (κ3) is 2.28. The number of hydrogen-bond acceptors (Lipinski definition) is 1. The Balaban J connectivity index is 2.39. The molecule has 2 aromatic rings. The van der Waals surface area contributed by atoms with Crippen molar-refractivity contribution in [2.75, 3.05) is 6.54 Å². The smallest absolute Gasteiger partial charge is 0.0459 e. The molecule has 0 fully saturated rings. The number of rotatable bonds is 5. The van der Waals surface area contributed by atoms with Crippen molar-refractivity contribution >= 4 is 16.6 Å². The van der Waals surface area contributed by atoms with Gasteiger partial charge in [0.25, 0.3) is 0 Å². The van der Waals surface area contributed by atoms with E-state index >= 15 is 0 Å². The van der Waals surface area contributed by atoms with E-state index in [1.807, 2.05) is 0 Å². The molecule has 2 rings (SSSR count). The van der Waals surface area contributed by atoms with Crippen LogP contribution in [-0.2, 0) is 6.42 Å². The van der Waals surface area contributed by atoms with Gasteiger partial charge in [0.15, 0.2) is 0 Å². The third-order valence-corrected chi connectivity index (χ3v) is 3.41. The van der Waals surface area contributed by atoms with E-state index in [4.69, 9.17) is 0 Å². The molecule has 0 saturated heterocycles. The molecule has 0 atom stereocenters. The highest BCUT2D eigenvalue weighted by Gasteiger charge is 2.08. The van der Waals surface area contributed by atoms with Gasteiger partial charge in [0.1, 0.15) is 0 Å². The molecule has 0 aliphatic heterocycles. The molecule has 0 aliphatic carbocycles. The summed E-state index contributed by atoms with van der Waals surface area (Å²) in [7, 11) is 0. The fourth-order valence-corrected chi connectivity index (χ4v) is 2.40. The van der Waals surface area contributed by atoms with Gasteiger partial charge in [0.05, 0.1) is 0 Å². The Hall–Kier alpha value is -1.70. The van der Waals surface area contributed by atoms with Crippen molar-refractivity contribution < 1.29 is 0 Å². The Kier molecular flexibility index (Phi) is 3.75. The molecule has 0 aliphatic rings. The van der Waals surface area contributed by atoms with Gasteiger partial charge in [-0.25, -0.2) is 0 Å². The van der Waals surface area contributed by atoms with Crippen molar-refractivity contribution in [3.05, 3.63) is 41.6 Å². The maximum Gasteiger partial charge on any atom is 0.0459 e. The van der Waals surface area contributed by atoms with Crippen LogP contribution in [0.4, 0.5) is 0 Å². The van der Waals surface area contributed by atoms with Gasteiger partial charge in [-0.2, -0.15) is 0 Å². The Morgan fingerprint density at radius 2 is 2.11 bits per heavy atom. The molecule has 1 aromatic carbocycles. The van der Waals surface area contributed by atoms with Gasteiger partial charge in [-0.3, -0.25) is 0 Å². The van der Waals surface area contributed by atoms with Gasteiger partial charge in [-0.05, 0) is 43.0 Å². The van der Waals surface area contributed by atoms with Crippen molar-refractivity contribution in [1.29, 1.82) is 0 Å². The topological polar surface area (TPSA) is 27.8 Å². The molecular formula is C16H22N2. The highest BCUT2D eigenvalue weighted by Crippen LogP contribution is 2.25. The monoisotopic (exact) mass is 242 g/mol. The van der Waals surface area contributed by atoms with Crippen LogP contribution in [0.2, 0.25) is 0 Å². The van der Waals surface area contributed by atoms with Gasteiger partial charge in [-0.15, -0.1) is 0 Å². The average Bonchev–Trinajstić information content (AvgIpc) is 2.70. The first kappa shape index (κ1) is 12.7. The number of fused-ring (bicyclic) bond motifs is 1. The highest BCUT2D eigenvalue weighted by molar-refractivity contribution is 5.87. The molecule has 2 heteroatoms. The predicted molar refractivity (Wildman–Crippen MR) is 79.7 cm³/mol. The summed E-state index contributed by atoms with van der Waals surface area (Å²) in [5.74, 6) is 0. The molecule has 0 amide bonds. The molecule has 96 valence electrons. The normalized spacial score (nSPS) is 10.8. The van der Waals surface area contributed by atoms with Crippen LogP contribution in [0.25, 0.3) is 16.6 Å². The minimum Gasteiger partial charge on any atom is -0.385 e. The zero-order valence-corrected chi connectivity index (χ0v) is 11.6. The first-order valence-corrected chi connectivity index (χ1v) is 6.71. The zero-order chi connectivity index (χ0) is 13.1. The summed E-state index contributed by atoms with van der Waals surface area (Å²) in [5, 5.41) is 4.68. The number of benzene rings is 1. The summed E-state index contributed by atoms with van der Waals surface area (Å²) in [6, 6.07) is 6.51. The van der Waals surface area contributed by atoms with Gasteiger partial charge >= 0.3 is 0 Å². The van der Waals surface area contributed by atoms with Crippen LogP contribution in [0.1, 0.15) is 37.1 Å². The first-order valence-electron chi connectivity index (χ1n) is 6.71. The van der Waals surface area contributed by atoms with E-state index in [1.165, 1.54) is 27.7 Å². The van der Waals surface area contributed by atoms with E-state index in [0.29, 0.717) is 0 Å². The van der Waals surface area contributed by atoms with Crippen LogP contribution in [0.15, 0.2) is 24.8 Å². The fraction of sp³-hybridized carbons (Fsp3) is 0.375. The Morgan fingerprint density at radius 3 is 2.78 bits per heavy atom. The molecule has 0 unspecified atom stereocenters. The number of hydrogen-bond donors (Lipinski definition) is 2. The van der Waals surface area contributed by atoms with Crippen LogP contribution >= 0.6 is 0 Å². The number of aromatic amines is 1. The molecule has 18 heavy (non-hydrogen) atoms. The van der Waals surface area contributed by atoms with Crippen molar-refractivity contribution in [2.45, 2.75) is 33.6 Å². The second-order valence-electron chi connectivity index (χ2n) is 4.75. The molecule has 1 aromatic heterocycles. The minimum absolute atomic E-state index is 0.976. The van der Waals surface area contributed by atoms with Crippen LogP contribution in [0, 0.1) is 6.92 Å². The van der Waals surface area contributed by atoms with E-state index < -0.39 is 0 Å². The zero-order valence-electron chi connectivity index (χ0n) is 11.6. The average molecular weight is 242 g/mol. The lowest BCUT2D eigenvalue weighted by atomic mass is 10.0. The lowest BCUT2D eigenvalue weighted by Crippen LogP contribution is -2.11. The minimum atomic E-state index is 0.976. The van der Waals surface area contributed by atoms with Crippen LogP contribution in [0.5, 0.6) is 0 Å². The number of H-pyrrole nitrogens is 1. The lowest BCUT2D eigenvalue weighted by Gasteiger charge is -2.09. The summed E-state index contributed by atoms with van der Waals surface area (Å²) in [6.45, 7) is 11.6. The maximum absolute atomic E-state index is 4.11. The lowest BCUT2D eigenvalue weighted by molar-refractivity contribution is 0.825. The molecule has 0 spiro atoms.